The Bertz CT molecular complexity index is 2040. The molecular formula is C42H52N8O9. The Morgan fingerprint density at radius 2 is 1.14 bits per heavy atom. The number of rotatable bonds is 24. The van der Waals surface area contributed by atoms with Crippen molar-refractivity contribution in [3.63, 3.8) is 0 Å². The number of carbonyl (C=O) groups excluding carboxylic acids is 5. The van der Waals surface area contributed by atoms with E-state index in [1.165, 1.54) is 0 Å². The van der Waals surface area contributed by atoms with E-state index in [4.69, 9.17) is 16.6 Å². The van der Waals surface area contributed by atoms with E-state index in [0.29, 0.717) is 42.5 Å². The predicted molar refractivity (Wildman–Crippen MR) is 218 cm³/mol. The van der Waals surface area contributed by atoms with E-state index in [2.05, 4.69) is 31.6 Å². The number of carbonyl (C=O) groups is 7. The third kappa shape index (κ3) is 14.7. The topological polar surface area (TPSA) is 288 Å². The van der Waals surface area contributed by atoms with Gasteiger partial charge >= 0.3 is 11.9 Å². The summed E-state index contributed by atoms with van der Waals surface area (Å²) in [7, 11) is 0. The Balaban J connectivity index is 1.59. The lowest BCUT2D eigenvalue weighted by Crippen LogP contribution is -2.59. The van der Waals surface area contributed by atoms with Gasteiger partial charge in [0.1, 0.15) is 24.2 Å². The van der Waals surface area contributed by atoms with Gasteiger partial charge in [-0.3, -0.25) is 28.8 Å². The molecule has 0 radical (unpaired) electrons. The average molecular weight is 813 g/mol. The minimum atomic E-state index is -1.56. The van der Waals surface area contributed by atoms with Crippen LogP contribution in [0, 0.1) is 0 Å². The highest BCUT2D eigenvalue weighted by molar-refractivity contribution is 5.96. The number of unbranched alkanes of at least 4 members (excludes halogenated alkanes) is 1. The molecular weight excluding hydrogens is 761 g/mol. The van der Waals surface area contributed by atoms with Crippen LogP contribution < -0.4 is 38.1 Å². The van der Waals surface area contributed by atoms with Gasteiger partial charge in [0.15, 0.2) is 0 Å². The van der Waals surface area contributed by atoms with Crippen LogP contribution in [-0.4, -0.2) is 100.0 Å². The number of hydrogen-bond acceptors (Lipinski definition) is 9. The summed E-state index contributed by atoms with van der Waals surface area (Å²) in [6.07, 6.45) is 2.36. The summed E-state index contributed by atoms with van der Waals surface area (Å²) in [5.41, 5.74) is 14.3. The fourth-order valence-corrected chi connectivity index (χ4v) is 6.37. The molecule has 1 heterocycles. The Morgan fingerprint density at radius 1 is 0.610 bits per heavy atom. The number of para-hydroxylation sites is 1. The predicted octanol–water partition coefficient (Wildman–Crippen LogP) is 0.657. The van der Waals surface area contributed by atoms with Gasteiger partial charge in [-0.1, -0.05) is 85.3 Å². The van der Waals surface area contributed by atoms with Crippen molar-refractivity contribution >= 4 is 52.4 Å². The highest BCUT2D eigenvalue weighted by atomic mass is 16.4. The molecule has 3 aromatic carbocycles. The number of nitrogens with two attached hydrogens (primary N) is 2. The number of aromatic amines is 1. The van der Waals surface area contributed by atoms with Gasteiger partial charge < -0.3 is 53.2 Å². The molecule has 5 amide bonds. The maximum absolute atomic E-state index is 14.3. The molecule has 17 heteroatoms. The first-order valence-electron chi connectivity index (χ1n) is 19.4. The number of carboxylic acid groups (broad SMARTS) is 2. The molecule has 0 aliphatic heterocycles. The lowest BCUT2D eigenvalue weighted by atomic mass is 10.0. The van der Waals surface area contributed by atoms with Crippen LogP contribution >= 0.6 is 0 Å². The second-order valence-electron chi connectivity index (χ2n) is 14.1. The lowest BCUT2D eigenvalue weighted by Gasteiger charge is -2.26. The maximum Gasteiger partial charge on any atom is 0.326 e. The zero-order valence-electron chi connectivity index (χ0n) is 32.5. The fourth-order valence-electron chi connectivity index (χ4n) is 6.37. The minimum absolute atomic E-state index is 0.0141. The van der Waals surface area contributed by atoms with Gasteiger partial charge in [-0.25, -0.2) is 4.79 Å². The Labute approximate surface area is 341 Å². The SMILES string of the molecule is NCCCC[C@H](N)C(=O)NCC(=O)N[C@@H](Cc1c[nH]c2ccccc12)C(=O)N[C@@H](Cc1ccccc1)C(=O)N[C@@H](Cc1ccccc1)C(=O)N[C@@H](CCC(=O)O)C(=O)O. The summed E-state index contributed by atoms with van der Waals surface area (Å²) < 4.78 is 0. The number of aliphatic carboxylic acids is 2. The smallest absolute Gasteiger partial charge is 0.326 e. The second-order valence-corrected chi connectivity index (χ2v) is 14.1. The van der Waals surface area contributed by atoms with Gasteiger partial charge in [0, 0.05) is 42.8 Å². The highest BCUT2D eigenvalue weighted by Crippen LogP contribution is 2.19. The van der Waals surface area contributed by atoms with Gasteiger partial charge in [0.2, 0.25) is 29.5 Å². The van der Waals surface area contributed by atoms with Gasteiger partial charge in [0.05, 0.1) is 12.6 Å². The van der Waals surface area contributed by atoms with Crippen LogP contribution in [0.15, 0.2) is 91.1 Å². The molecule has 0 aliphatic rings. The van der Waals surface area contributed by atoms with E-state index in [1.54, 1.807) is 66.9 Å². The van der Waals surface area contributed by atoms with E-state index in [1.807, 2.05) is 24.3 Å². The van der Waals surface area contributed by atoms with Crippen LogP contribution in [0.1, 0.15) is 48.8 Å². The molecule has 12 N–H and O–H groups in total. The van der Waals surface area contributed by atoms with Crippen LogP contribution in [0.5, 0.6) is 0 Å². The summed E-state index contributed by atoms with van der Waals surface area (Å²) in [6, 6.07) is 18.4. The molecule has 5 atom stereocenters. The molecule has 0 aliphatic carbocycles. The quantitative estimate of drug-likeness (QED) is 0.0439. The summed E-state index contributed by atoms with van der Waals surface area (Å²) in [5, 5.41) is 32.6. The number of nitrogens with one attached hydrogen (secondary N) is 6. The maximum atomic E-state index is 14.3. The van der Waals surface area contributed by atoms with Crippen molar-refractivity contribution in [1.82, 2.24) is 31.6 Å². The number of aromatic nitrogens is 1. The molecule has 1 aromatic heterocycles. The van der Waals surface area contributed by atoms with Gasteiger partial charge in [0.25, 0.3) is 0 Å². The lowest BCUT2D eigenvalue weighted by molar-refractivity contribution is -0.143. The first kappa shape index (κ1) is 45.1. The average Bonchev–Trinajstić information content (AvgIpc) is 3.63. The Morgan fingerprint density at radius 3 is 1.68 bits per heavy atom. The molecule has 17 nitrogen and oxygen atoms in total. The zero-order chi connectivity index (χ0) is 42.7. The van der Waals surface area contributed by atoms with Crippen LogP contribution in [0.3, 0.4) is 0 Å². The van der Waals surface area contributed by atoms with Crippen molar-refractivity contribution < 1.29 is 43.8 Å². The Kier molecular flexibility index (Phi) is 17.6. The number of amides is 5. The second kappa shape index (κ2) is 23.0. The minimum Gasteiger partial charge on any atom is -0.481 e. The molecule has 0 unspecified atom stereocenters. The molecule has 0 saturated heterocycles. The van der Waals surface area contributed by atoms with Crippen molar-refractivity contribution in [3.05, 3.63) is 108 Å². The third-order valence-electron chi connectivity index (χ3n) is 9.57. The van der Waals surface area contributed by atoms with Crippen molar-refractivity contribution in [1.29, 1.82) is 0 Å². The van der Waals surface area contributed by atoms with E-state index in [0.717, 1.165) is 10.9 Å². The van der Waals surface area contributed by atoms with Gasteiger partial charge in [-0.15, -0.1) is 0 Å². The number of fused-ring (bicyclic) bond motifs is 1. The molecule has 314 valence electrons. The molecule has 0 fully saturated rings. The van der Waals surface area contributed by atoms with E-state index in [-0.39, 0.29) is 19.3 Å². The standard InChI is InChI=1S/C42H52N8O9/c43-20-10-9-16-30(44)38(54)46-25-36(51)47-35(23-28-24-45-31-17-8-7-15-29(28)31)41(57)50-34(22-27-13-5-2-6-14-27)40(56)49-33(21-26-11-3-1-4-12-26)39(55)48-32(42(58)59)18-19-37(52)53/h1-8,11-15,17,24,30,32-35,45H,9-10,16,18-23,25,43-44H2,(H,46,54)(H,47,51)(H,48,55)(H,49,56)(H,50,57)(H,52,53)(H,58,59)/t30-,32-,33-,34-,35-/m0/s1. The van der Waals surface area contributed by atoms with Crippen LogP contribution in [0.25, 0.3) is 10.9 Å². The van der Waals surface area contributed by atoms with Gasteiger partial charge in [-0.2, -0.15) is 0 Å². The summed E-state index contributed by atoms with van der Waals surface area (Å²) in [6.45, 7) is -0.0212. The van der Waals surface area contributed by atoms with Crippen LogP contribution in [0.4, 0.5) is 0 Å². The van der Waals surface area contributed by atoms with E-state index < -0.39 is 91.1 Å². The first-order chi connectivity index (χ1) is 28.3. The number of hydrogen-bond donors (Lipinski definition) is 10. The van der Waals surface area contributed by atoms with Crippen LogP contribution in [0.2, 0.25) is 0 Å². The fraction of sp³-hybridized carbons (Fsp3) is 0.357. The van der Waals surface area contributed by atoms with E-state index in [9.17, 15) is 38.7 Å². The molecule has 59 heavy (non-hydrogen) atoms. The molecule has 4 aromatic rings. The van der Waals surface area contributed by atoms with Crippen molar-refractivity contribution in [2.75, 3.05) is 13.1 Å². The number of H-pyrrole nitrogens is 1. The molecule has 4 rings (SSSR count). The molecule has 0 spiro atoms. The number of carboxylic acids is 2. The van der Waals surface area contributed by atoms with Crippen LogP contribution in [-0.2, 0) is 52.8 Å². The largest absolute Gasteiger partial charge is 0.481 e. The molecule has 0 saturated carbocycles. The normalized spacial score (nSPS) is 13.5. The van der Waals surface area contributed by atoms with Crippen molar-refractivity contribution in [3.8, 4) is 0 Å². The number of benzene rings is 3. The Hall–Kier alpha value is -6.59. The monoisotopic (exact) mass is 812 g/mol. The summed E-state index contributed by atoms with van der Waals surface area (Å²) in [4.78, 5) is 94.3. The van der Waals surface area contributed by atoms with Crippen molar-refractivity contribution in [2.45, 2.75) is 81.6 Å². The third-order valence-corrected chi connectivity index (χ3v) is 9.57. The summed E-state index contributed by atoms with van der Waals surface area (Å²) >= 11 is 0. The zero-order valence-corrected chi connectivity index (χ0v) is 32.5. The highest BCUT2D eigenvalue weighted by Gasteiger charge is 2.32. The van der Waals surface area contributed by atoms with Crippen molar-refractivity contribution in [2.24, 2.45) is 11.5 Å². The molecule has 0 bridgehead atoms. The first-order valence-corrected chi connectivity index (χ1v) is 19.4. The van der Waals surface area contributed by atoms with E-state index >= 15 is 0 Å². The van der Waals surface area contributed by atoms with Gasteiger partial charge in [-0.05, 0) is 48.6 Å². The summed E-state index contributed by atoms with van der Waals surface area (Å²) in [5.74, 6) is -6.34.